The molecule has 0 atom stereocenters. The molecule has 3 rings (SSSR count). The molecule has 0 bridgehead atoms. The Hall–Kier alpha value is -2.69. The smallest absolute Gasteiger partial charge is 0.227 e. The zero-order valence-corrected chi connectivity index (χ0v) is 11.2. The molecule has 0 radical (unpaired) electrons. The van der Waals surface area contributed by atoms with Crippen LogP contribution in [-0.4, -0.2) is 19.2 Å². The summed E-state index contributed by atoms with van der Waals surface area (Å²) >= 11 is 0. The quantitative estimate of drug-likeness (QED) is 0.740. The molecule has 2 aromatic carbocycles. The monoisotopic (exact) mass is 270 g/mol. The summed E-state index contributed by atoms with van der Waals surface area (Å²) in [4.78, 5) is 4.45. The summed E-state index contributed by atoms with van der Waals surface area (Å²) in [7, 11) is 3.17. The lowest BCUT2D eigenvalue weighted by atomic mass is 10.2. The number of nitrogens with zero attached hydrogens (tertiary/aromatic N) is 1. The van der Waals surface area contributed by atoms with Gasteiger partial charge in [-0.05, 0) is 18.2 Å². The highest BCUT2D eigenvalue weighted by Gasteiger charge is 2.13. The van der Waals surface area contributed by atoms with Gasteiger partial charge in [0.05, 0.1) is 14.2 Å². The number of ether oxygens (including phenoxy) is 2. The maximum atomic E-state index is 5.77. The van der Waals surface area contributed by atoms with E-state index in [2.05, 4.69) is 4.98 Å². The molecule has 0 spiro atoms. The molecule has 0 saturated carbocycles. The third kappa shape index (κ3) is 2.03. The third-order valence-electron chi connectivity index (χ3n) is 3.03. The molecule has 5 heteroatoms. The van der Waals surface area contributed by atoms with E-state index in [1.807, 2.05) is 24.3 Å². The van der Waals surface area contributed by atoms with E-state index in [0.29, 0.717) is 34.2 Å². The molecular formula is C15H14N2O3. The number of hydrogen-bond donors (Lipinski definition) is 1. The van der Waals surface area contributed by atoms with Gasteiger partial charge in [0, 0.05) is 23.4 Å². The summed E-state index contributed by atoms with van der Waals surface area (Å²) in [6, 6.07) is 10.9. The molecule has 0 amide bonds. The zero-order valence-electron chi connectivity index (χ0n) is 11.2. The van der Waals surface area contributed by atoms with Crippen LogP contribution in [0.5, 0.6) is 11.5 Å². The Balaban J connectivity index is 2.15. The Morgan fingerprint density at radius 3 is 2.50 bits per heavy atom. The molecule has 3 aromatic rings. The van der Waals surface area contributed by atoms with Crippen LogP contribution in [0.4, 0.5) is 5.69 Å². The Bertz CT molecular complexity index is 724. The molecule has 102 valence electrons. The van der Waals surface area contributed by atoms with Gasteiger partial charge in [0.2, 0.25) is 5.89 Å². The highest BCUT2D eigenvalue weighted by Crippen LogP contribution is 2.34. The molecule has 0 aliphatic heterocycles. The van der Waals surface area contributed by atoms with Crippen LogP contribution in [0.1, 0.15) is 0 Å². The maximum Gasteiger partial charge on any atom is 0.227 e. The van der Waals surface area contributed by atoms with Crippen LogP contribution in [0.15, 0.2) is 40.8 Å². The third-order valence-corrected chi connectivity index (χ3v) is 3.03. The van der Waals surface area contributed by atoms with Gasteiger partial charge in [-0.1, -0.05) is 6.07 Å². The fourth-order valence-electron chi connectivity index (χ4n) is 2.05. The van der Waals surface area contributed by atoms with E-state index < -0.39 is 0 Å². The number of rotatable bonds is 3. The van der Waals surface area contributed by atoms with Crippen molar-refractivity contribution in [3.05, 3.63) is 36.4 Å². The molecule has 1 aromatic heterocycles. The standard InChI is InChI=1S/C15H14N2O3/c1-18-13-7-11-12(8-14(13)19-2)20-15(17-11)9-4-3-5-10(16)6-9/h3-8H,16H2,1-2H3. The van der Waals surface area contributed by atoms with Gasteiger partial charge >= 0.3 is 0 Å². The van der Waals surface area contributed by atoms with Gasteiger partial charge in [0.15, 0.2) is 17.1 Å². The molecule has 0 aliphatic carbocycles. The fourth-order valence-corrected chi connectivity index (χ4v) is 2.05. The summed E-state index contributed by atoms with van der Waals surface area (Å²) in [5.41, 5.74) is 8.62. The predicted octanol–water partition coefficient (Wildman–Crippen LogP) is 3.09. The molecule has 0 saturated heterocycles. The van der Waals surface area contributed by atoms with Crippen LogP contribution in [0.25, 0.3) is 22.6 Å². The highest BCUT2D eigenvalue weighted by molar-refractivity contribution is 5.80. The number of nitrogen functional groups attached to an aromatic ring is 1. The number of methoxy groups -OCH3 is 2. The molecule has 20 heavy (non-hydrogen) atoms. The van der Waals surface area contributed by atoms with Crippen molar-refractivity contribution < 1.29 is 13.9 Å². The topological polar surface area (TPSA) is 70.5 Å². The average Bonchev–Trinajstić information content (AvgIpc) is 2.88. The lowest BCUT2D eigenvalue weighted by Crippen LogP contribution is -1.89. The lowest BCUT2D eigenvalue weighted by molar-refractivity contribution is 0.355. The highest BCUT2D eigenvalue weighted by atomic mass is 16.5. The first-order valence-corrected chi connectivity index (χ1v) is 6.09. The Kier molecular flexibility index (Phi) is 2.95. The van der Waals surface area contributed by atoms with Crippen LogP contribution in [0, 0.1) is 0 Å². The summed E-state index contributed by atoms with van der Waals surface area (Å²) < 4.78 is 16.2. The molecule has 0 fully saturated rings. The Morgan fingerprint density at radius 1 is 1.05 bits per heavy atom. The van der Waals surface area contributed by atoms with Crippen molar-refractivity contribution >= 4 is 16.8 Å². The summed E-state index contributed by atoms with van der Waals surface area (Å²) in [5.74, 6) is 1.74. The summed E-state index contributed by atoms with van der Waals surface area (Å²) in [6.07, 6.45) is 0. The first kappa shape index (κ1) is 12.3. The molecule has 2 N–H and O–H groups in total. The molecule has 0 aliphatic rings. The second-order valence-corrected chi connectivity index (χ2v) is 4.32. The van der Waals surface area contributed by atoms with Gasteiger partial charge < -0.3 is 19.6 Å². The summed E-state index contributed by atoms with van der Waals surface area (Å²) in [5, 5.41) is 0. The van der Waals surface area contributed by atoms with Crippen LogP contribution < -0.4 is 15.2 Å². The fraction of sp³-hybridized carbons (Fsp3) is 0.133. The minimum Gasteiger partial charge on any atom is -0.493 e. The van der Waals surface area contributed by atoms with Crippen LogP contribution in [0.2, 0.25) is 0 Å². The van der Waals surface area contributed by atoms with Crippen molar-refractivity contribution in [3.8, 4) is 23.0 Å². The molecular weight excluding hydrogens is 256 g/mol. The van der Waals surface area contributed by atoms with Crippen molar-refractivity contribution in [3.63, 3.8) is 0 Å². The molecule has 0 unspecified atom stereocenters. The average molecular weight is 270 g/mol. The predicted molar refractivity (Wildman–Crippen MR) is 77.0 cm³/mol. The van der Waals surface area contributed by atoms with Crippen LogP contribution in [-0.2, 0) is 0 Å². The Labute approximate surface area is 115 Å². The number of aromatic nitrogens is 1. The lowest BCUT2D eigenvalue weighted by Gasteiger charge is -2.05. The second kappa shape index (κ2) is 4.77. The van der Waals surface area contributed by atoms with E-state index in [4.69, 9.17) is 19.6 Å². The molecule has 1 heterocycles. The minimum absolute atomic E-state index is 0.516. The van der Waals surface area contributed by atoms with E-state index in [1.165, 1.54) is 0 Å². The largest absolute Gasteiger partial charge is 0.493 e. The van der Waals surface area contributed by atoms with Crippen molar-refractivity contribution in [1.82, 2.24) is 4.98 Å². The van der Waals surface area contributed by atoms with Gasteiger partial charge in [-0.3, -0.25) is 0 Å². The first-order valence-electron chi connectivity index (χ1n) is 6.09. The normalized spacial score (nSPS) is 10.7. The SMILES string of the molecule is COc1cc2nc(-c3cccc(N)c3)oc2cc1OC. The van der Waals surface area contributed by atoms with E-state index in [0.717, 1.165) is 5.56 Å². The zero-order chi connectivity index (χ0) is 14.1. The van der Waals surface area contributed by atoms with Gasteiger partial charge in [-0.2, -0.15) is 0 Å². The van der Waals surface area contributed by atoms with E-state index >= 15 is 0 Å². The number of nitrogens with two attached hydrogens (primary N) is 1. The number of fused-ring (bicyclic) bond motifs is 1. The number of hydrogen-bond acceptors (Lipinski definition) is 5. The summed E-state index contributed by atoms with van der Waals surface area (Å²) in [6.45, 7) is 0. The number of oxazole rings is 1. The molecule has 5 nitrogen and oxygen atoms in total. The second-order valence-electron chi connectivity index (χ2n) is 4.32. The van der Waals surface area contributed by atoms with Crippen molar-refractivity contribution in [2.45, 2.75) is 0 Å². The van der Waals surface area contributed by atoms with Crippen molar-refractivity contribution in [2.24, 2.45) is 0 Å². The van der Waals surface area contributed by atoms with Crippen LogP contribution in [0.3, 0.4) is 0 Å². The van der Waals surface area contributed by atoms with E-state index in [-0.39, 0.29) is 0 Å². The number of anilines is 1. The maximum absolute atomic E-state index is 5.77. The van der Waals surface area contributed by atoms with Crippen molar-refractivity contribution in [2.75, 3.05) is 20.0 Å². The Morgan fingerprint density at radius 2 is 1.80 bits per heavy atom. The van der Waals surface area contributed by atoms with Gasteiger partial charge in [0.1, 0.15) is 5.52 Å². The van der Waals surface area contributed by atoms with E-state index in [1.54, 1.807) is 26.4 Å². The van der Waals surface area contributed by atoms with Gasteiger partial charge in [0.25, 0.3) is 0 Å². The van der Waals surface area contributed by atoms with Crippen molar-refractivity contribution in [1.29, 1.82) is 0 Å². The van der Waals surface area contributed by atoms with Gasteiger partial charge in [-0.15, -0.1) is 0 Å². The van der Waals surface area contributed by atoms with Crippen LogP contribution >= 0.6 is 0 Å². The number of benzene rings is 2. The van der Waals surface area contributed by atoms with E-state index in [9.17, 15) is 0 Å². The first-order chi connectivity index (χ1) is 9.71. The minimum atomic E-state index is 0.516. The van der Waals surface area contributed by atoms with Gasteiger partial charge in [-0.25, -0.2) is 4.98 Å².